The van der Waals surface area contributed by atoms with Crippen molar-refractivity contribution in [1.29, 1.82) is 0 Å². The molecule has 2 heterocycles. The first-order valence-electron chi connectivity index (χ1n) is 6.34. The molecule has 1 aliphatic heterocycles. The third kappa shape index (κ3) is 2.61. The van der Waals surface area contributed by atoms with Crippen LogP contribution in [0.1, 0.15) is 42.5 Å². The van der Waals surface area contributed by atoms with Gasteiger partial charge in [-0.1, -0.05) is 0 Å². The number of hydrogen-bond donors (Lipinski definition) is 0. The highest BCUT2D eigenvalue weighted by Gasteiger charge is 2.34. The van der Waals surface area contributed by atoms with Gasteiger partial charge in [-0.2, -0.15) is 5.10 Å². The number of carbonyl (C=O) groups is 2. The molecule has 7 nitrogen and oxygen atoms in total. The Kier molecular flexibility index (Phi) is 3.45. The van der Waals surface area contributed by atoms with Gasteiger partial charge < -0.3 is 9.47 Å². The molecule has 7 heteroatoms. The van der Waals surface area contributed by atoms with E-state index in [9.17, 15) is 9.59 Å². The molecule has 0 bridgehead atoms. The molecule has 0 saturated carbocycles. The number of hydrogen-bond acceptors (Lipinski definition) is 5. The monoisotopic (exact) mass is 281 g/mol. The van der Waals surface area contributed by atoms with Gasteiger partial charge in [0.05, 0.1) is 25.9 Å². The summed E-state index contributed by atoms with van der Waals surface area (Å²) >= 11 is 0. The van der Waals surface area contributed by atoms with Crippen molar-refractivity contribution in [2.45, 2.75) is 39.5 Å². The van der Waals surface area contributed by atoms with E-state index in [1.54, 1.807) is 16.6 Å². The van der Waals surface area contributed by atoms with Crippen LogP contribution in [0.2, 0.25) is 0 Å². The van der Waals surface area contributed by atoms with Crippen LogP contribution in [0, 0.1) is 0 Å². The van der Waals surface area contributed by atoms with E-state index < -0.39 is 17.7 Å². The molecule has 1 amide bonds. The van der Waals surface area contributed by atoms with Gasteiger partial charge in [0.1, 0.15) is 5.60 Å². The van der Waals surface area contributed by atoms with Crippen LogP contribution >= 0.6 is 0 Å². The van der Waals surface area contributed by atoms with E-state index in [-0.39, 0.29) is 5.69 Å². The quantitative estimate of drug-likeness (QED) is 0.728. The molecule has 0 unspecified atom stereocenters. The molecular formula is C13H19N3O4. The number of methoxy groups -OCH3 is 1. The van der Waals surface area contributed by atoms with Crippen LogP contribution in [-0.4, -0.2) is 39.5 Å². The van der Waals surface area contributed by atoms with Gasteiger partial charge in [0.2, 0.25) is 0 Å². The first kappa shape index (κ1) is 14.4. The Balaban J connectivity index is 2.19. The topological polar surface area (TPSA) is 73.7 Å². The van der Waals surface area contributed by atoms with Crippen LogP contribution < -0.4 is 0 Å². The normalized spacial score (nSPS) is 14.2. The summed E-state index contributed by atoms with van der Waals surface area (Å²) in [6.45, 7) is 6.13. The number of rotatable bonds is 1. The predicted octanol–water partition coefficient (Wildman–Crippen LogP) is 1.46. The molecule has 1 aliphatic rings. The molecule has 1 aromatic rings. The van der Waals surface area contributed by atoms with Crippen LogP contribution in [0.5, 0.6) is 0 Å². The SMILES string of the molecule is COC(=O)c1nn(C)c2c1CN(C(=O)OC(C)(C)C)C2. The van der Waals surface area contributed by atoms with Crippen molar-refractivity contribution in [2.24, 2.45) is 7.05 Å². The fourth-order valence-electron chi connectivity index (χ4n) is 2.11. The van der Waals surface area contributed by atoms with Crippen LogP contribution in [0.25, 0.3) is 0 Å². The first-order chi connectivity index (χ1) is 9.23. The molecule has 1 aromatic heterocycles. The maximum absolute atomic E-state index is 12.0. The zero-order chi connectivity index (χ0) is 15.1. The number of aromatic nitrogens is 2. The minimum Gasteiger partial charge on any atom is -0.464 e. The fourth-order valence-corrected chi connectivity index (χ4v) is 2.11. The standard InChI is InChI=1S/C13H19N3O4/c1-13(2,3)20-12(18)16-6-8-9(7-16)15(4)14-10(8)11(17)19-5/h6-7H2,1-5H3. The lowest BCUT2D eigenvalue weighted by Gasteiger charge is -2.24. The average Bonchev–Trinajstić information content (AvgIpc) is 2.87. The second-order valence-electron chi connectivity index (χ2n) is 5.73. The Morgan fingerprint density at radius 2 is 1.90 bits per heavy atom. The van der Waals surface area contributed by atoms with Crippen LogP contribution in [-0.2, 0) is 29.6 Å². The number of fused-ring (bicyclic) bond motifs is 1. The Bertz CT molecular complexity index is 557. The summed E-state index contributed by atoms with van der Waals surface area (Å²) in [5, 5.41) is 4.13. The number of esters is 1. The molecule has 20 heavy (non-hydrogen) atoms. The molecule has 0 fully saturated rings. The van der Waals surface area contributed by atoms with Crippen molar-refractivity contribution < 1.29 is 19.1 Å². The smallest absolute Gasteiger partial charge is 0.410 e. The van der Waals surface area contributed by atoms with Gasteiger partial charge in [-0.15, -0.1) is 0 Å². The van der Waals surface area contributed by atoms with E-state index in [1.807, 2.05) is 20.8 Å². The van der Waals surface area contributed by atoms with Crippen LogP contribution in [0.3, 0.4) is 0 Å². The number of amides is 1. The lowest BCUT2D eigenvalue weighted by Crippen LogP contribution is -2.34. The maximum atomic E-state index is 12.0. The number of ether oxygens (including phenoxy) is 2. The van der Waals surface area contributed by atoms with Gasteiger partial charge in [0.15, 0.2) is 5.69 Å². The fraction of sp³-hybridized carbons (Fsp3) is 0.615. The highest BCUT2D eigenvalue weighted by Crippen LogP contribution is 2.27. The second-order valence-corrected chi connectivity index (χ2v) is 5.73. The molecule has 0 saturated heterocycles. The number of aryl methyl sites for hydroxylation is 1. The molecular weight excluding hydrogens is 262 g/mol. The van der Waals surface area contributed by atoms with Crippen molar-refractivity contribution in [3.63, 3.8) is 0 Å². The minimum absolute atomic E-state index is 0.260. The van der Waals surface area contributed by atoms with E-state index >= 15 is 0 Å². The molecule has 0 radical (unpaired) electrons. The first-order valence-corrected chi connectivity index (χ1v) is 6.34. The minimum atomic E-state index is -0.546. The molecule has 2 rings (SSSR count). The third-order valence-corrected chi connectivity index (χ3v) is 2.99. The zero-order valence-electron chi connectivity index (χ0n) is 12.4. The third-order valence-electron chi connectivity index (χ3n) is 2.99. The average molecular weight is 281 g/mol. The Labute approximate surface area is 117 Å². The van der Waals surface area contributed by atoms with Crippen LogP contribution in [0.4, 0.5) is 4.79 Å². The highest BCUT2D eigenvalue weighted by atomic mass is 16.6. The lowest BCUT2D eigenvalue weighted by molar-refractivity contribution is 0.0236. The van der Waals surface area contributed by atoms with Gasteiger partial charge in [0.25, 0.3) is 0 Å². The Morgan fingerprint density at radius 1 is 1.25 bits per heavy atom. The van der Waals surface area contributed by atoms with E-state index in [1.165, 1.54) is 7.11 Å². The Morgan fingerprint density at radius 3 is 2.45 bits per heavy atom. The molecule has 0 aromatic carbocycles. The Hall–Kier alpha value is -2.05. The van der Waals surface area contributed by atoms with Crippen LogP contribution in [0.15, 0.2) is 0 Å². The van der Waals surface area contributed by atoms with Gasteiger partial charge >= 0.3 is 12.1 Å². The molecule has 110 valence electrons. The molecule has 0 aliphatic carbocycles. The molecule has 0 spiro atoms. The van der Waals surface area contributed by atoms with E-state index in [0.29, 0.717) is 13.1 Å². The van der Waals surface area contributed by atoms with Gasteiger partial charge in [-0.05, 0) is 20.8 Å². The summed E-state index contributed by atoms with van der Waals surface area (Å²) in [5.74, 6) is -0.493. The van der Waals surface area contributed by atoms with E-state index in [2.05, 4.69) is 5.10 Å². The number of nitrogens with zero attached hydrogens (tertiary/aromatic N) is 3. The summed E-state index contributed by atoms with van der Waals surface area (Å²) in [6.07, 6.45) is -0.399. The van der Waals surface area contributed by atoms with E-state index in [4.69, 9.17) is 9.47 Å². The summed E-state index contributed by atoms with van der Waals surface area (Å²) in [4.78, 5) is 25.3. The predicted molar refractivity (Wildman–Crippen MR) is 70.0 cm³/mol. The largest absolute Gasteiger partial charge is 0.464 e. The summed E-state index contributed by atoms with van der Waals surface area (Å²) in [7, 11) is 3.05. The summed E-state index contributed by atoms with van der Waals surface area (Å²) < 4.78 is 11.6. The number of carbonyl (C=O) groups excluding carboxylic acids is 2. The van der Waals surface area contributed by atoms with Gasteiger partial charge in [-0.25, -0.2) is 9.59 Å². The van der Waals surface area contributed by atoms with Crippen molar-refractivity contribution in [1.82, 2.24) is 14.7 Å². The van der Waals surface area contributed by atoms with E-state index in [0.717, 1.165) is 11.3 Å². The summed E-state index contributed by atoms with van der Waals surface area (Å²) in [5.41, 5.74) is 1.27. The lowest BCUT2D eigenvalue weighted by atomic mass is 10.2. The van der Waals surface area contributed by atoms with Crippen molar-refractivity contribution in [2.75, 3.05) is 7.11 Å². The van der Waals surface area contributed by atoms with Gasteiger partial charge in [0, 0.05) is 12.6 Å². The molecule has 0 N–H and O–H groups in total. The maximum Gasteiger partial charge on any atom is 0.410 e. The molecule has 0 atom stereocenters. The van der Waals surface area contributed by atoms with Crippen molar-refractivity contribution in [3.05, 3.63) is 17.0 Å². The van der Waals surface area contributed by atoms with Gasteiger partial charge in [-0.3, -0.25) is 9.58 Å². The second kappa shape index (κ2) is 4.81. The highest BCUT2D eigenvalue weighted by molar-refractivity contribution is 5.89. The summed E-state index contributed by atoms with van der Waals surface area (Å²) in [6, 6.07) is 0. The van der Waals surface area contributed by atoms with Crippen molar-refractivity contribution >= 4 is 12.1 Å². The zero-order valence-corrected chi connectivity index (χ0v) is 12.4. The van der Waals surface area contributed by atoms with Crippen molar-refractivity contribution in [3.8, 4) is 0 Å².